The summed E-state index contributed by atoms with van der Waals surface area (Å²) in [6.07, 6.45) is 13.9. The zero-order valence-electron chi connectivity index (χ0n) is 14.0. The van der Waals surface area contributed by atoms with E-state index in [1.807, 2.05) is 31.2 Å². The Morgan fingerprint density at radius 3 is 1.90 bits per heavy atom. The number of Topliss-reactive ketones (excluding diaryl/α,β-unsaturated/α-hetero) is 1. The standard InChI is InChI=1S/C20H32O/c1-3-4-5-6-7-8-9-10-11-12-17-20(21)19-16-14-13-15-18(19)2/h13-16H,3-12,17H2,1-2H3. The highest BCUT2D eigenvalue weighted by Gasteiger charge is 2.07. The van der Waals surface area contributed by atoms with Crippen molar-refractivity contribution in [2.24, 2.45) is 0 Å². The Balaban J connectivity index is 1.99. The molecule has 0 spiro atoms. The predicted molar refractivity (Wildman–Crippen MR) is 92.0 cm³/mol. The Bertz CT molecular complexity index is 395. The monoisotopic (exact) mass is 288 g/mol. The number of carbonyl (C=O) groups excluding carboxylic acids is 1. The number of hydrogen-bond acceptors (Lipinski definition) is 1. The summed E-state index contributed by atoms with van der Waals surface area (Å²) in [6.45, 7) is 4.28. The van der Waals surface area contributed by atoms with Gasteiger partial charge in [-0.15, -0.1) is 0 Å². The minimum absolute atomic E-state index is 0.313. The molecule has 0 aromatic heterocycles. The third-order valence-electron chi connectivity index (χ3n) is 4.20. The third kappa shape index (κ3) is 8.04. The number of ketones is 1. The van der Waals surface area contributed by atoms with Gasteiger partial charge in [0.1, 0.15) is 0 Å². The van der Waals surface area contributed by atoms with E-state index in [1.54, 1.807) is 0 Å². The van der Waals surface area contributed by atoms with Gasteiger partial charge in [-0.3, -0.25) is 4.79 Å². The average molecular weight is 288 g/mol. The first-order valence-electron chi connectivity index (χ1n) is 8.84. The second-order valence-corrected chi connectivity index (χ2v) is 6.17. The van der Waals surface area contributed by atoms with E-state index in [0.717, 1.165) is 17.5 Å². The normalized spacial score (nSPS) is 10.8. The summed E-state index contributed by atoms with van der Waals surface area (Å²) in [5.74, 6) is 0.313. The van der Waals surface area contributed by atoms with Crippen LogP contribution in [-0.4, -0.2) is 5.78 Å². The predicted octanol–water partition coefficient (Wildman–Crippen LogP) is 6.49. The SMILES string of the molecule is CCCCCCCCCCCCC(=O)c1ccccc1C. The molecule has 0 atom stereocenters. The molecule has 0 amide bonds. The second-order valence-electron chi connectivity index (χ2n) is 6.17. The third-order valence-corrected chi connectivity index (χ3v) is 4.20. The van der Waals surface area contributed by atoms with Crippen LogP contribution in [0.3, 0.4) is 0 Å². The zero-order chi connectivity index (χ0) is 15.3. The van der Waals surface area contributed by atoms with Crippen LogP contribution >= 0.6 is 0 Å². The quantitative estimate of drug-likeness (QED) is 0.317. The van der Waals surface area contributed by atoms with E-state index in [2.05, 4.69) is 6.92 Å². The molecule has 0 N–H and O–H groups in total. The van der Waals surface area contributed by atoms with Crippen LogP contribution in [0.25, 0.3) is 0 Å². The summed E-state index contributed by atoms with van der Waals surface area (Å²) >= 11 is 0. The highest BCUT2D eigenvalue weighted by atomic mass is 16.1. The van der Waals surface area contributed by atoms with E-state index in [4.69, 9.17) is 0 Å². The van der Waals surface area contributed by atoms with Gasteiger partial charge in [0, 0.05) is 12.0 Å². The van der Waals surface area contributed by atoms with Gasteiger partial charge in [-0.25, -0.2) is 0 Å². The molecule has 0 saturated carbocycles. The van der Waals surface area contributed by atoms with Gasteiger partial charge in [0.15, 0.2) is 5.78 Å². The highest BCUT2D eigenvalue weighted by Crippen LogP contribution is 2.14. The van der Waals surface area contributed by atoms with E-state index in [-0.39, 0.29) is 0 Å². The largest absolute Gasteiger partial charge is 0.294 e. The van der Waals surface area contributed by atoms with Gasteiger partial charge in [0.05, 0.1) is 0 Å². The average Bonchev–Trinajstić information content (AvgIpc) is 2.49. The van der Waals surface area contributed by atoms with E-state index < -0.39 is 0 Å². The summed E-state index contributed by atoms with van der Waals surface area (Å²) in [5.41, 5.74) is 2.02. The van der Waals surface area contributed by atoms with Crippen LogP contribution in [0, 0.1) is 6.92 Å². The Morgan fingerprint density at radius 1 is 0.810 bits per heavy atom. The fraction of sp³-hybridized carbons (Fsp3) is 0.650. The molecular formula is C20H32O. The van der Waals surface area contributed by atoms with Crippen molar-refractivity contribution < 1.29 is 4.79 Å². The molecule has 0 radical (unpaired) electrons. The minimum atomic E-state index is 0.313. The Hall–Kier alpha value is -1.11. The number of aryl methyl sites for hydroxylation is 1. The van der Waals surface area contributed by atoms with Crippen molar-refractivity contribution in [3.63, 3.8) is 0 Å². The topological polar surface area (TPSA) is 17.1 Å². The molecule has 118 valence electrons. The summed E-state index contributed by atoms with van der Waals surface area (Å²) in [4.78, 5) is 12.1. The molecule has 1 aromatic carbocycles. The molecule has 0 unspecified atom stereocenters. The first-order valence-corrected chi connectivity index (χ1v) is 8.84. The van der Waals surface area contributed by atoms with E-state index in [9.17, 15) is 4.79 Å². The molecule has 0 aliphatic carbocycles. The number of hydrogen-bond donors (Lipinski definition) is 0. The smallest absolute Gasteiger partial charge is 0.163 e. The van der Waals surface area contributed by atoms with Gasteiger partial charge in [-0.1, -0.05) is 89.0 Å². The zero-order valence-corrected chi connectivity index (χ0v) is 14.0. The summed E-state index contributed by atoms with van der Waals surface area (Å²) < 4.78 is 0. The van der Waals surface area contributed by atoms with Crippen LogP contribution in [0.4, 0.5) is 0 Å². The van der Waals surface area contributed by atoms with Crippen molar-refractivity contribution in [3.05, 3.63) is 35.4 Å². The van der Waals surface area contributed by atoms with Gasteiger partial charge < -0.3 is 0 Å². The molecule has 0 aliphatic rings. The molecule has 0 bridgehead atoms. The van der Waals surface area contributed by atoms with Crippen LogP contribution < -0.4 is 0 Å². The van der Waals surface area contributed by atoms with Crippen LogP contribution in [0.15, 0.2) is 24.3 Å². The van der Waals surface area contributed by atoms with E-state index in [0.29, 0.717) is 12.2 Å². The first-order chi connectivity index (χ1) is 10.3. The van der Waals surface area contributed by atoms with Gasteiger partial charge >= 0.3 is 0 Å². The number of unbranched alkanes of at least 4 members (excludes halogenated alkanes) is 9. The molecular weight excluding hydrogens is 256 g/mol. The van der Waals surface area contributed by atoms with Crippen molar-refractivity contribution in [1.82, 2.24) is 0 Å². The molecule has 0 saturated heterocycles. The summed E-state index contributed by atoms with van der Waals surface area (Å²) in [7, 11) is 0. The summed E-state index contributed by atoms with van der Waals surface area (Å²) in [5, 5.41) is 0. The molecule has 1 rings (SSSR count). The van der Waals surface area contributed by atoms with Crippen molar-refractivity contribution >= 4 is 5.78 Å². The second kappa shape index (κ2) is 11.5. The lowest BCUT2D eigenvalue weighted by Crippen LogP contribution is -2.01. The molecule has 21 heavy (non-hydrogen) atoms. The van der Waals surface area contributed by atoms with Crippen LogP contribution in [0.2, 0.25) is 0 Å². The maximum Gasteiger partial charge on any atom is 0.163 e. The van der Waals surface area contributed by atoms with Crippen molar-refractivity contribution in [3.8, 4) is 0 Å². The molecule has 1 aromatic rings. The van der Waals surface area contributed by atoms with Gasteiger partial charge in [-0.05, 0) is 18.9 Å². The fourth-order valence-corrected chi connectivity index (χ4v) is 2.79. The van der Waals surface area contributed by atoms with Crippen molar-refractivity contribution in [2.75, 3.05) is 0 Å². The first kappa shape index (κ1) is 17.9. The maximum absolute atomic E-state index is 12.1. The van der Waals surface area contributed by atoms with E-state index in [1.165, 1.54) is 57.8 Å². The molecule has 1 heteroatoms. The highest BCUT2D eigenvalue weighted by molar-refractivity contribution is 5.97. The van der Waals surface area contributed by atoms with Crippen LogP contribution in [-0.2, 0) is 0 Å². The molecule has 1 nitrogen and oxygen atoms in total. The minimum Gasteiger partial charge on any atom is -0.294 e. The number of rotatable bonds is 12. The Labute approximate surface area is 131 Å². The molecule has 0 fully saturated rings. The van der Waals surface area contributed by atoms with Crippen LogP contribution in [0.1, 0.15) is 93.5 Å². The maximum atomic E-state index is 12.1. The number of carbonyl (C=O) groups is 1. The van der Waals surface area contributed by atoms with Crippen LogP contribution in [0.5, 0.6) is 0 Å². The molecule has 0 aliphatic heterocycles. The molecule has 0 heterocycles. The Morgan fingerprint density at radius 2 is 1.33 bits per heavy atom. The van der Waals surface area contributed by atoms with Crippen molar-refractivity contribution in [2.45, 2.75) is 84.5 Å². The Kier molecular flexibility index (Phi) is 9.86. The lowest BCUT2D eigenvalue weighted by Gasteiger charge is -2.05. The van der Waals surface area contributed by atoms with E-state index >= 15 is 0 Å². The lowest BCUT2D eigenvalue weighted by atomic mass is 9.99. The summed E-state index contributed by atoms with van der Waals surface area (Å²) in [6, 6.07) is 7.92. The lowest BCUT2D eigenvalue weighted by molar-refractivity contribution is 0.0978. The van der Waals surface area contributed by atoms with Gasteiger partial charge in [-0.2, -0.15) is 0 Å². The number of benzene rings is 1. The fourth-order valence-electron chi connectivity index (χ4n) is 2.79. The van der Waals surface area contributed by atoms with Gasteiger partial charge in [0.25, 0.3) is 0 Å². The van der Waals surface area contributed by atoms with Gasteiger partial charge in [0.2, 0.25) is 0 Å². The van der Waals surface area contributed by atoms with Crippen molar-refractivity contribution in [1.29, 1.82) is 0 Å².